The van der Waals surface area contributed by atoms with Gasteiger partial charge in [0.2, 0.25) is 0 Å². The largest absolute Gasteiger partial charge is 0.309 e. The monoisotopic (exact) mass is 399 g/mol. The third-order valence-electron chi connectivity index (χ3n) is 4.34. The van der Waals surface area contributed by atoms with Gasteiger partial charge < -0.3 is 4.90 Å². The molecule has 0 spiro atoms. The molecule has 0 fully saturated rings. The van der Waals surface area contributed by atoms with E-state index in [9.17, 15) is 0 Å². The molecule has 0 aromatic heterocycles. The van der Waals surface area contributed by atoms with Crippen LogP contribution in [0.2, 0.25) is 0 Å². The first-order valence-electron chi connectivity index (χ1n) is 8.58. The predicted molar refractivity (Wildman–Crippen MR) is 114 cm³/mol. The zero-order valence-corrected chi connectivity index (χ0v) is 15.8. The highest BCUT2D eigenvalue weighted by atomic mass is 79.9. The summed E-state index contributed by atoms with van der Waals surface area (Å²) in [6.45, 7) is 0. The van der Waals surface area contributed by atoms with Gasteiger partial charge in [0, 0.05) is 15.8 Å². The van der Waals surface area contributed by atoms with Gasteiger partial charge in [0.05, 0.1) is 5.69 Å². The second-order valence-electron chi connectivity index (χ2n) is 6.04. The summed E-state index contributed by atoms with van der Waals surface area (Å²) in [7, 11) is 0. The highest BCUT2D eigenvalue weighted by Gasteiger charge is 2.14. The fourth-order valence-electron chi connectivity index (χ4n) is 3.07. The molecule has 126 valence electrons. The normalized spacial score (nSPS) is 10.5. The van der Waals surface area contributed by atoms with Crippen LogP contribution in [-0.4, -0.2) is 0 Å². The molecule has 0 amide bonds. The van der Waals surface area contributed by atoms with Gasteiger partial charge >= 0.3 is 0 Å². The fourth-order valence-corrected chi connectivity index (χ4v) is 3.53. The molecule has 0 atom stereocenters. The minimum absolute atomic E-state index is 1.07. The third-order valence-corrected chi connectivity index (χ3v) is 5.01. The Morgan fingerprint density at radius 2 is 0.962 bits per heavy atom. The zero-order valence-electron chi connectivity index (χ0n) is 14.2. The zero-order chi connectivity index (χ0) is 17.8. The van der Waals surface area contributed by atoms with E-state index in [1.165, 1.54) is 11.1 Å². The fraction of sp³-hybridized carbons (Fsp3) is 0. The molecule has 0 heterocycles. The van der Waals surface area contributed by atoms with Crippen molar-refractivity contribution in [2.75, 3.05) is 4.90 Å². The molecule has 0 aliphatic heterocycles. The van der Waals surface area contributed by atoms with Gasteiger partial charge in [-0.15, -0.1) is 0 Å². The van der Waals surface area contributed by atoms with Crippen molar-refractivity contribution in [3.05, 3.63) is 114 Å². The van der Waals surface area contributed by atoms with Crippen molar-refractivity contribution in [2.45, 2.75) is 0 Å². The predicted octanol–water partition coefficient (Wildman–Crippen LogP) is 7.59. The maximum Gasteiger partial charge on any atom is 0.0603 e. The van der Waals surface area contributed by atoms with Crippen molar-refractivity contribution >= 4 is 33.0 Å². The topological polar surface area (TPSA) is 3.24 Å². The molecule has 0 radical (unpaired) electrons. The number of halogens is 1. The second-order valence-corrected chi connectivity index (χ2v) is 6.89. The van der Waals surface area contributed by atoms with Crippen LogP contribution in [0.5, 0.6) is 0 Å². The first kappa shape index (κ1) is 16.6. The van der Waals surface area contributed by atoms with Crippen molar-refractivity contribution in [3.8, 4) is 11.1 Å². The molecule has 0 saturated heterocycles. The quantitative estimate of drug-likeness (QED) is 0.341. The number of benzene rings is 4. The van der Waals surface area contributed by atoms with Crippen molar-refractivity contribution in [2.24, 2.45) is 0 Å². The number of para-hydroxylation sites is 2. The number of nitrogens with zero attached hydrogens (tertiary/aromatic N) is 1. The van der Waals surface area contributed by atoms with Gasteiger partial charge in [-0.2, -0.15) is 0 Å². The van der Waals surface area contributed by atoms with E-state index in [0.717, 1.165) is 21.5 Å². The maximum absolute atomic E-state index is 3.70. The Morgan fingerprint density at radius 1 is 0.462 bits per heavy atom. The lowest BCUT2D eigenvalue weighted by Crippen LogP contribution is -2.10. The minimum Gasteiger partial charge on any atom is -0.309 e. The van der Waals surface area contributed by atoms with Gasteiger partial charge in [-0.25, -0.2) is 0 Å². The van der Waals surface area contributed by atoms with Gasteiger partial charge in [-0.1, -0.05) is 72.8 Å². The lowest BCUT2D eigenvalue weighted by atomic mass is 10.0. The molecule has 0 N–H and O–H groups in total. The smallest absolute Gasteiger partial charge is 0.0603 e. The molecular weight excluding hydrogens is 382 g/mol. The molecule has 4 aromatic rings. The van der Waals surface area contributed by atoms with Crippen molar-refractivity contribution in [3.63, 3.8) is 0 Å². The molecule has 4 rings (SSSR count). The number of hydrogen-bond donors (Lipinski definition) is 0. The molecule has 0 bridgehead atoms. The van der Waals surface area contributed by atoms with Gasteiger partial charge in [0.1, 0.15) is 0 Å². The Morgan fingerprint density at radius 3 is 1.62 bits per heavy atom. The average Bonchev–Trinajstić information content (AvgIpc) is 2.72. The van der Waals surface area contributed by atoms with E-state index in [0.29, 0.717) is 0 Å². The number of rotatable bonds is 4. The van der Waals surface area contributed by atoms with E-state index in [1.807, 2.05) is 18.2 Å². The van der Waals surface area contributed by atoms with E-state index in [-0.39, 0.29) is 0 Å². The van der Waals surface area contributed by atoms with E-state index in [2.05, 4.69) is 112 Å². The van der Waals surface area contributed by atoms with Crippen LogP contribution in [-0.2, 0) is 0 Å². The van der Waals surface area contributed by atoms with Crippen molar-refractivity contribution in [1.29, 1.82) is 0 Å². The Hall–Kier alpha value is -2.84. The molecule has 4 aromatic carbocycles. The summed E-state index contributed by atoms with van der Waals surface area (Å²) < 4.78 is 1.07. The summed E-state index contributed by atoms with van der Waals surface area (Å²) in [5.41, 5.74) is 5.82. The summed E-state index contributed by atoms with van der Waals surface area (Å²) in [6.07, 6.45) is 0. The molecule has 0 aliphatic rings. The van der Waals surface area contributed by atoms with Crippen LogP contribution < -0.4 is 4.90 Å². The van der Waals surface area contributed by atoms with Gasteiger partial charge in [-0.05, 0) is 63.5 Å². The Bertz CT molecular complexity index is 979. The van der Waals surface area contributed by atoms with Gasteiger partial charge in [0.25, 0.3) is 0 Å². The van der Waals surface area contributed by atoms with E-state index in [4.69, 9.17) is 0 Å². The van der Waals surface area contributed by atoms with Crippen LogP contribution >= 0.6 is 15.9 Å². The molecule has 0 unspecified atom stereocenters. The van der Waals surface area contributed by atoms with Crippen LogP contribution in [0, 0.1) is 0 Å². The van der Waals surface area contributed by atoms with Crippen molar-refractivity contribution < 1.29 is 0 Å². The Balaban J connectivity index is 1.79. The summed E-state index contributed by atoms with van der Waals surface area (Å²) in [5, 5.41) is 0. The summed E-state index contributed by atoms with van der Waals surface area (Å²) in [6, 6.07) is 37.9. The van der Waals surface area contributed by atoms with Crippen LogP contribution in [0.4, 0.5) is 17.1 Å². The summed E-state index contributed by atoms with van der Waals surface area (Å²) in [4.78, 5) is 2.26. The first-order valence-corrected chi connectivity index (χ1v) is 9.37. The molecular formula is C24H18BrN. The summed E-state index contributed by atoms with van der Waals surface area (Å²) in [5.74, 6) is 0. The third kappa shape index (κ3) is 3.42. The van der Waals surface area contributed by atoms with Gasteiger partial charge in [-0.3, -0.25) is 0 Å². The molecule has 1 nitrogen and oxygen atoms in total. The highest BCUT2D eigenvalue weighted by Crippen LogP contribution is 2.39. The second kappa shape index (κ2) is 7.59. The molecule has 0 saturated carbocycles. The SMILES string of the molecule is Brc1ccccc1N(c1ccccc1)c1ccc(-c2ccccc2)cc1. The van der Waals surface area contributed by atoms with Crippen LogP contribution in [0.1, 0.15) is 0 Å². The van der Waals surface area contributed by atoms with E-state index < -0.39 is 0 Å². The molecule has 2 heteroatoms. The van der Waals surface area contributed by atoms with Crippen LogP contribution in [0.25, 0.3) is 11.1 Å². The van der Waals surface area contributed by atoms with E-state index in [1.54, 1.807) is 0 Å². The first-order chi connectivity index (χ1) is 12.8. The minimum atomic E-state index is 1.07. The summed E-state index contributed by atoms with van der Waals surface area (Å²) >= 11 is 3.70. The Labute approximate surface area is 162 Å². The standard InChI is InChI=1S/C24H18BrN/c25-23-13-7-8-14-24(23)26(21-11-5-2-6-12-21)22-17-15-20(16-18-22)19-9-3-1-4-10-19/h1-18H. The Kier molecular flexibility index (Phi) is 4.85. The van der Waals surface area contributed by atoms with Crippen LogP contribution in [0.15, 0.2) is 114 Å². The average molecular weight is 400 g/mol. The van der Waals surface area contributed by atoms with Gasteiger partial charge in [0.15, 0.2) is 0 Å². The van der Waals surface area contributed by atoms with Crippen molar-refractivity contribution in [1.82, 2.24) is 0 Å². The highest BCUT2D eigenvalue weighted by molar-refractivity contribution is 9.10. The lowest BCUT2D eigenvalue weighted by molar-refractivity contribution is 1.27. The molecule has 26 heavy (non-hydrogen) atoms. The van der Waals surface area contributed by atoms with E-state index >= 15 is 0 Å². The van der Waals surface area contributed by atoms with Crippen LogP contribution in [0.3, 0.4) is 0 Å². The maximum atomic E-state index is 3.70. The number of anilines is 3. The molecule has 0 aliphatic carbocycles. The lowest BCUT2D eigenvalue weighted by Gasteiger charge is -2.26. The number of hydrogen-bond acceptors (Lipinski definition) is 1.